The van der Waals surface area contributed by atoms with Crippen molar-refractivity contribution in [1.82, 2.24) is 0 Å². The molecule has 0 atom stereocenters. The first-order chi connectivity index (χ1) is 12.5. The van der Waals surface area contributed by atoms with E-state index in [0.717, 1.165) is 11.3 Å². The molecule has 0 fully saturated rings. The molecular formula is C19H21BrN2O4. The fourth-order valence-corrected chi connectivity index (χ4v) is 2.64. The quantitative estimate of drug-likeness (QED) is 0.670. The Bertz CT molecular complexity index is 767. The number of aryl methyl sites for hydroxylation is 1. The lowest BCUT2D eigenvalue weighted by Crippen LogP contribution is -2.35. The van der Waals surface area contributed by atoms with Gasteiger partial charge in [-0.2, -0.15) is 0 Å². The highest BCUT2D eigenvalue weighted by Crippen LogP contribution is 2.21. The zero-order valence-electron chi connectivity index (χ0n) is 14.7. The van der Waals surface area contributed by atoms with Gasteiger partial charge in [0.2, 0.25) is 0 Å². The van der Waals surface area contributed by atoms with E-state index in [9.17, 15) is 9.59 Å². The number of nitrogens with one attached hydrogen (secondary N) is 1. The van der Waals surface area contributed by atoms with Crippen LogP contribution in [0.3, 0.4) is 0 Å². The summed E-state index contributed by atoms with van der Waals surface area (Å²) in [6.45, 7) is 4.43. The van der Waals surface area contributed by atoms with Crippen LogP contribution in [0.1, 0.15) is 12.5 Å². The highest BCUT2D eigenvalue weighted by atomic mass is 79.9. The first-order valence-electron chi connectivity index (χ1n) is 8.19. The van der Waals surface area contributed by atoms with Crippen LogP contribution in [0.15, 0.2) is 48.5 Å². The maximum Gasteiger partial charge on any atom is 0.419 e. The normalized spacial score (nSPS) is 10.1. The second-order valence-electron chi connectivity index (χ2n) is 5.42. The fraction of sp³-hybridized carbons (Fsp3) is 0.263. The van der Waals surface area contributed by atoms with E-state index in [2.05, 4.69) is 21.2 Å². The molecule has 0 radical (unpaired) electrons. The van der Waals surface area contributed by atoms with Gasteiger partial charge in [-0.05, 0) is 43.7 Å². The number of hydrogen-bond donors (Lipinski definition) is 1. The number of alkyl halides is 1. The van der Waals surface area contributed by atoms with E-state index in [1.165, 1.54) is 0 Å². The van der Waals surface area contributed by atoms with Crippen molar-refractivity contribution >= 4 is 39.5 Å². The number of rotatable bonds is 6. The summed E-state index contributed by atoms with van der Waals surface area (Å²) in [6.07, 6.45) is -1.06. The molecule has 0 aliphatic carbocycles. The maximum absolute atomic E-state index is 12.6. The standard InChI is InChI=1S/C19H21BrN2O4/c1-3-25-18(23)21-15-7-5-9-17(13-15)26-19(24)22(11-10-20)16-8-4-6-14(2)12-16/h4-9,12-13H,3,10-11H2,1-2H3,(H,21,23). The SMILES string of the molecule is CCOC(=O)Nc1cccc(OC(=O)N(CCBr)c2cccc(C)c2)c1. The smallest absolute Gasteiger partial charge is 0.419 e. The lowest BCUT2D eigenvalue weighted by molar-refractivity contribution is 0.168. The van der Waals surface area contributed by atoms with Crippen LogP contribution in [-0.2, 0) is 4.74 Å². The van der Waals surface area contributed by atoms with Crippen LogP contribution in [0.4, 0.5) is 21.0 Å². The summed E-state index contributed by atoms with van der Waals surface area (Å²) in [7, 11) is 0. The summed E-state index contributed by atoms with van der Waals surface area (Å²) in [5, 5.41) is 3.19. The predicted molar refractivity (Wildman–Crippen MR) is 105 cm³/mol. The fourth-order valence-electron chi connectivity index (χ4n) is 2.28. The zero-order valence-corrected chi connectivity index (χ0v) is 16.3. The molecule has 0 aromatic heterocycles. The van der Waals surface area contributed by atoms with E-state index in [1.54, 1.807) is 36.1 Å². The third kappa shape index (κ3) is 5.77. The number of amides is 2. The Hall–Kier alpha value is -2.54. The monoisotopic (exact) mass is 420 g/mol. The molecule has 2 aromatic carbocycles. The van der Waals surface area contributed by atoms with E-state index in [1.807, 2.05) is 31.2 Å². The lowest BCUT2D eigenvalue weighted by atomic mass is 10.2. The van der Waals surface area contributed by atoms with Gasteiger partial charge in [0.15, 0.2) is 0 Å². The van der Waals surface area contributed by atoms with Crippen molar-refractivity contribution in [1.29, 1.82) is 0 Å². The van der Waals surface area contributed by atoms with E-state index in [-0.39, 0.29) is 6.61 Å². The van der Waals surface area contributed by atoms with E-state index < -0.39 is 12.2 Å². The summed E-state index contributed by atoms with van der Waals surface area (Å²) in [5.74, 6) is 0.330. The zero-order chi connectivity index (χ0) is 18.9. The lowest BCUT2D eigenvalue weighted by Gasteiger charge is -2.21. The van der Waals surface area contributed by atoms with Gasteiger partial charge >= 0.3 is 12.2 Å². The number of nitrogens with zero attached hydrogens (tertiary/aromatic N) is 1. The molecule has 0 heterocycles. The highest BCUT2D eigenvalue weighted by Gasteiger charge is 2.18. The minimum absolute atomic E-state index is 0.276. The molecule has 0 aliphatic rings. The molecule has 2 amide bonds. The molecule has 2 aromatic rings. The van der Waals surface area contributed by atoms with Crippen LogP contribution in [0.2, 0.25) is 0 Å². The Labute approximate surface area is 161 Å². The van der Waals surface area contributed by atoms with Crippen molar-refractivity contribution < 1.29 is 19.1 Å². The molecule has 0 aliphatic heterocycles. The van der Waals surface area contributed by atoms with Crippen LogP contribution in [0.25, 0.3) is 0 Å². The Morgan fingerprint density at radius 1 is 1.15 bits per heavy atom. The van der Waals surface area contributed by atoms with Crippen LogP contribution < -0.4 is 15.0 Å². The van der Waals surface area contributed by atoms with Crippen LogP contribution in [0, 0.1) is 6.92 Å². The van der Waals surface area contributed by atoms with Gasteiger partial charge < -0.3 is 9.47 Å². The Balaban J connectivity index is 2.12. The Morgan fingerprint density at radius 2 is 1.92 bits per heavy atom. The number of halogens is 1. The molecule has 138 valence electrons. The first kappa shape index (κ1) is 19.8. The second kappa shape index (κ2) is 9.82. The third-order valence-corrected chi connectivity index (χ3v) is 3.76. The number of carbonyl (C=O) groups excluding carboxylic acids is 2. The largest absolute Gasteiger partial charge is 0.450 e. The van der Waals surface area contributed by atoms with Crippen LogP contribution >= 0.6 is 15.9 Å². The minimum atomic E-state index is -0.559. The second-order valence-corrected chi connectivity index (χ2v) is 6.21. The molecule has 1 N–H and O–H groups in total. The molecule has 0 saturated heterocycles. The highest BCUT2D eigenvalue weighted by molar-refractivity contribution is 9.09. The number of ether oxygens (including phenoxy) is 2. The van der Waals surface area contributed by atoms with Crippen molar-refractivity contribution in [3.8, 4) is 5.75 Å². The van der Waals surface area contributed by atoms with Crippen molar-refractivity contribution in [3.63, 3.8) is 0 Å². The maximum atomic E-state index is 12.6. The molecule has 0 saturated carbocycles. The molecule has 0 unspecified atom stereocenters. The van der Waals surface area contributed by atoms with E-state index in [0.29, 0.717) is 23.3 Å². The van der Waals surface area contributed by atoms with Gasteiger partial charge in [0.1, 0.15) is 5.75 Å². The van der Waals surface area contributed by atoms with Crippen LogP contribution in [-0.4, -0.2) is 30.7 Å². The number of hydrogen-bond acceptors (Lipinski definition) is 4. The number of benzene rings is 2. The van der Waals surface area contributed by atoms with Gasteiger partial charge in [-0.15, -0.1) is 0 Å². The van der Waals surface area contributed by atoms with Gasteiger partial charge in [-0.25, -0.2) is 9.59 Å². The van der Waals surface area contributed by atoms with Gasteiger partial charge in [0, 0.05) is 29.3 Å². The van der Waals surface area contributed by atoms with E-state index >= 15 is 0 Å². The molecule has 26 heavy (non-hydrogen) atoms. The Kier molecular flexibility index (Phi) is 7.47. The van der Waals surface area contributed by atoms with Crippen molar-refractivity contribution in [3.05, 3.63) is 54.1 Å². The summed E-state index contributed by atoms with van der Waals surface area (Å²) in [6, 6.07) is 14.2. The topological polar surface area (TPSA) is 67.9 Å². The first-order valence-corrected chi connectivity index (χ1v) is 9.31. The predicted octanol–water partition coefficient (Wildman–Crippen LogP) is 4.96. The average Bonchev–Trinajstić information content (AvgIpc) is 2.60. The minimum Gasteiger partial charge on any atom is -0.450 e. The number of carbonyl (C=O) groups is 2. The number of anilines is 2. The van der Waals surface area contributed by atoms with Crippen molar-refractivity contribution in [2.24, 2.45) is 0 Å². The summed E-state index contributed by atoms with van der Waals surface area (Å²) in [4.78, 5) is 25.7. The third-order valence-electron chi connectivity index (χ3n) is 3.40. The Morgan fingerprint density at radius 3 is 2.62 bits per heavy atom. The van der Waals surface area contributed by atoms with Crippen LogP contribution in [0.5, 0.6) is 5.75 Å². The summed E-state index contributed by atoms with van der Waals surface area (Å²) in [5.41, 5.74) is 2.29. The van der Waals surface area contributed by atoms with Gasteiger partial charge in [0.25, 0.3) is 0 Å². The van der Waals surface area contributed by atoms with Crippen molar-refractivity contribution in [2.75, 3.05) is 28.7 Å². The summed E-state index contributed by atoms with van der Waals surface area (Å²) < 4.78 is 10.3. The van der Waals surface area contributed by atoms with Crippen molar-refractivity contribution in [2.45, 2.75) is 13.8 Å². The van der Waals surface area contributed by atoms with E-state index in [4.69, 9.17) is 9.47 Å². The molecule has 6 nitrogen and oxygen atoms in total. The molecular weight excluding hydrogens is 400 g/mol. The van der Waals surface area contributed by atoms with Gasteiger partial charge in [-0.3, -0.25) is 10.2 Å². The summed E-state index contributed by atoms with van der Waals surface area (Å²) >= 11 is 3.36. The molecule has 2 rings (SSSR count). The average molecular weight is 421 g/mol. The van der Waals surface area contributed by atoms with Gasteiger partial charge in [-0.1, -0.05) is 34.1 Å². The van der Waals surface area contributed by atoms with Gasteiger partial charge in [0.05, 0.1) is 6.61 Å². The molecule has 0 bridgehead atoms. The molecule has 0 spiro atoms. The molecule has 7 heteroatoms.